The second-order valence-electron chi connectivity index (χ2n) is 3.40. The average molecular weight is 226 g/mol. The average Bonchev–Trinajstić information content (AvgIpc) is 2.19. The molecule has 0 aliphatic carbocycles. The maximum absolute atomic E-state index is 5.76. The highest BCUT2D eigenvalue weighted by Crippen LogP contribution is 2.16. The van der Waals surface area contributed by atoms with Crippen LogP contribution < -0.4 is 11.1 Å². The van der Waals surface area contributed by atoms with E-state index in [4.69, 9.17) is 5.73 Å². The Kier molecular flexibility index (Phi) is 4.68. The van der Waals surface area contributed by atoms with Crippen LogP contribution in [0.15, 0.2) is 0 Å². The van der Waals surface area contributed by atoms with Crippen molar-refractivity contribution in [3.05, 3.63) is 11.4 Å². The van der Waals surface area contributed by atoms with Crippen LogP contribution in [0.2, 0.25) is 0 Å². The molecule has 0 bridgehead atoms. The summed E-state index contributed by atoms with van der Waals surface area (Å²) in [6.07, 6.45) is 3.24. The zero-order chi connectivity index (χ0) is 11.3. The predicted molar refractivity (Wildman–Crippen MR) is 67.4 cm³/mol. The Bertz CT molecular complexity index is 327. The third-order valence-electron chi connectivity index (χ3n) is 2.11. The third-order valence-corrected chi connectivity index (χ3v) is 2.81. The SMILES string of the molecule is CSCCCNc1nc(C)nc(N)c1C. The zero-order valence-electron chi connectivity index (χ0n) is 9.50. The number of hydrogen-bond donors (Lipinski definition) is 2. The molecule has 0 spiro atoms. The Labute approximate surface area is 95.1 Å². The van der Waals surface area contributed by atoms with E-state index in [1.807, 2.05) is 25.6 Å². The first-order valence-corrected chi connectivity index (χ1v) is 6.38. The molecule has 0 saturated heterocycles. The van der Waals surface area contributed by atoms with Crippen molar-refractivity contribution in [1.82, 2.24) is 9.97 Å². The summed E-state index contributed by atoms with van der Waals surface area (Å²) in [6, 6.07) is 0. The molecule has 0 aliphatic heterocycles. The molecule has 0 aromatic carbocycles. The zero-order valence-corrected chi connectivity index (χ0v) is 10.3. The highest BCUT2D eigenvalue weighted by Gasteiger charge is 2.05. The molecule has 0 saturated carbocycles. The van der Waals surface area contributed by atoms with E-state index < -0.39 is 0 Å². The van der Waals surface area contributed by atoms with E-state index in [2.05, 4.69) is 21.5 Å². The molecule has 0 fully saturated rings. The van der Waals surface area contributed by atoms with Gasteiger partial charge in [0, 0.05) is 12.1 Å². The monoisotopic (exact) mass is 226 g/mol. The van der Waals surface area contributed by atoms with Crippen molar-refractivity contribution < 1.29 is 0 Å². The molecule has 0 atom stereocenters. The summed E-state index contributed by atoms with van der Waals surface area (Å²) in [4.78, 5) is 8.42. The lowest BCUT2D eigenvalue weighted by atomic mass is 10.3. The van der Waals surface area contributed by atoms with E-state index in [0.717, 1.165) is 30.1 Å². The highest BCUT2D eigenvalue weighted by molar-refractivity contribution is 7.98. The van der Waals surface area contributed by atoms with Crippen LogP contribution in [0.1, 0.15) is 17.8 Å². The van der Waals surface area contributed by atoms with Gasteiger partial charge in [-0.1, -0.05) is 0 Å². The molecule has 0 amide bonds. The second-order valence-corrected chi connectivity index (χ2v) is 4.39. The molecule has 1 rings (SSSR count). The molecule has 0 aliphatic rings. The molecule has 0 unspecified atom stereocenters. The van der Waals surface area contributed by atoms with Gasteiger partial charge in [0.25, 0.3) is 0 Å². The van der Waals surface area contributed by atoms with Gasteiger partial charge < -0.3 is 11.1 Å². The molecule has 3 N–H and O–H groups in total. The van der Waals surface area contributed by atoms with Gasteiger partial charge in [-0.2, -0.15) is 11.8 Å². The molecular formula is C10H18N4S. The van der Waals surface area contributed by atoms with Crippen LogP contribution in [0.5, 0.6) is 0 Å². The third kappa shape index (κ3) is 3.58. The van der Waals surface area contributed by atoms with E-state index in [1.54, 1.807) is 0 Å². The molecule has 0 radical (unpaired) electrons. The fraction of sp³-hybridized carbons (Fsp3) is 0.600. The van der Waals surface area contributed by atoms with Crippen molar-refractivity contribution in [2.75, 3.05) is 29.6 Å². The number of anilines is 2. The van der Waals surface area contributed by atoms with Crippen LogP contribution in [-0.4, -0.2) is 28.5 Å². The summed E-state index contributed by atoms with van der Waals surface area (Å²) in [5.74, 6) is 3.30. The van der Waals surface area contributed by atoms with Crippen molar-refractivity contribution >= 4 is 23.4 Å². The Balaban J connectivity index is 2.60. The summed E-state index contributed by atoms with van der Waals surface area (Å²) in [5.41, 5.74) is 6.69. The molecule has 1 aromatic heterocycles. The first kappa shape index (κ1) is 12.1. The van der Waals surface area contributed by atoms with Gasteiger partial charge in [0.15, 0.2) is 0 Å². The molecule has 15 heavy (non-hydrogen) atoms. The number of hydrogen-bond acceptors (Lipinski definition) is 5. The van der Waals surface area contributed by atoms with E-state index in [1.165, 1.54) is 0 Å². The van der Waals surface area contributed by atoms with Gasteiger partial charge in [-0.3, -0.25) is 0 Å². The maximum atomic E-state index is 5.76. The second kappa shape index (κ2) is 5.80. The summed E-state index contributed by atoms with van der Waals surface area (Å²) >= 11 is 1.85. The molecule has 5 heteroatoms. The number of aryl methyl sites for hydroxylation is 1. The standard InChI is InChI=1S/C10H18N4S/c1-7-9(11)13-8(2)14-10(7)12-5-4-6-15-3/h4-6H2,1-3H3,(H3,11,12,13,14). The minimum absolute atomic E-state index is 0.565. The Morgan fingerprint density at radius 3 is 2.73 bits per heavy atom. The fourth-order valence-electron chi connectivity index (χ4n) is 1.25. The molecular weight excluding hydrogens is 208 g/mol. The molecule has 1 aromatic rings. The van der Waals surface area contributed by atoms with Gasteiger partial charge in [0.05, 0.1) is 0 Å². The number of nitrogens with one attached hydrogen (secondary N) is 1. The lowest BCUT2D eigenvalue weighted by Crippen LogP contribution is -2.09. The van der Waals surface area contributed by atoms with Gasteiger partial charge in [0.1, 0.15) is 17.5 Å². The van der Waals surface area contributed by atoms with Crippen LogP contribution in [0, 0.1) is 13.8 Å². The predicted octanol–water partition coefficient (Wildman–Crippen LogP) is 1.84. The first-order valence-electron chi connectivity index (χ1n) is 4.98. The summed E-state index contributed by atoms with van der Waals surface area (Å²) in [7, 11) is 0. The number of nitrogen functional groups attached to an aromatic ring is 1. The smallest absolute Gasteiger partial charge is 0.134 e. The largest absolute Gasteiger partial charge is 0.383 e. The maximum Gasteiger partial charge on any atom is 0.134 e. The van der Waals surface area contributed by atoms with Crippen molar-refractivity contribution in [1.29, 1.82) is 0 Å². The molecule has 4 nitrogen and oxygen atoms in total. The Morgan fingerprint density at radius 1 is 1.33 bits per heavy atom. The number of thioether (sulfide) groups is 1. The van der Waals surface area contributed by atoms with Gasteiger partial charge >= 0.3 is 0 Å². The van der Waals surface area contributed by atoms with Gasteiger partial charge in [-0.15, -0.1) is 0 Å². The topological polar surface area (TPSA) is 63.8 Å². The van der Waals surface area contributed by atoms with Crippen molar-refractivity contribution in [3.8, 4) is 0 Å². The van der Waals surface area contributed by atoms with E-state index in [9.17, 15) is 0 Å². The van der Waals surface area contributed by atoms with Gasteiger partial charge in [-0.05, 0) is 32.3 Å². The summed E-state index contributed by atoms with van der Waals surface area (Å²) < 4.78 is 0. The van der Waals surface area contributed by atoms with Crippen molar-refractivity contribution in [2.24, 2.45) is 0 Å². The van der Waals surface area contributed by atoms with Crippen molar-refractivity contribution in [2.45, 2.75) is 20.3 Å². The van der Waals surface area contributed by atoms with E-state index >= 15 is 0 Å². The normalized spacial score (nSPS) is 10.3. The van der Waals surface area contributed by atoms with Crippen LogP contribution in [-0.2, 0) is 0 Å². The lowest BCUT2D eigenvalue weighted by molar-refractivity contribution is 0.958. The van der Waals surface area contributed by atoms with E-state index in [0.29, 0.717) is 11.6 Å². The summed E-state index contributed by atoms with van der Waals surface area (Å²) in [5, 5.41) is 3.28. The highest BCUT2D eigenvalue weighted by atomic mass is 32.2. The number of nitrogens with two attached hydrogens (primary N) is 1. The fourth-order valence-corrected chi connectivity index (χ4v) is 1.68. The van der Waals surface area contributed by atoms with Gasteiger partial charge in [-0.25, -0.2) is 9.97 Å². The number of aromatic nitrogens is 2. The lowest BCUT2D eigenvalue weighted by Gasteiger charge is -2.10. The number of nitrogens with zero attached hydrogens (tertiary/aromatic N) is 2. The molecule has 84 valence electrons. The minimum atomic E-state index is 0.565. The minimum Gasteiger partial charge on any atom is -0.383 e. The van der Waals surface area contributed by atoms with E-state index in [-0.39, 0.29) is 0 Å². The van der Waals surface area contributed by atoms with Crippen LogP contribution >= 0.6 is 11.8 Å². The quantitative estimate of drug-likeness (QED) is 0.750. The van der Waals surface area contributed by atoms with Crippen molar-refractivity contribution in [3.63, 3.8) is 0 Å². The summed E-state index contributed by atoms with van der Waals surface area (Å²) in [6.45, 7) is 4.71. The Morgan fingerprint density at radius 2 is 2.07 bits per heavy atom. The van der Waals surface area contributed by atoms with Crippen LogP contribution in [0.25, 0.3) is 0 Å². The molecule has 1 heterocycles. The first-order chi connectivity index (χ1) is 7.15. The van der Waals surface area contributed by atoms with Crippen LogP contribution in [0.3, 0.4) is 0 Å². The number of rotatable bonds is 5. The van der Waals surface area contributed by atoms with Crippen LogP contribution in [0.4, 0.5) is 11.6 Å². The van der Waals surface area contributed by atoms with Gasteiger partial charge in [0.2, 0.25) is 0 Å². The Hall–Kier alpha value is -0.970.